The molecule has 0 atom stereocenters. The van der Waals surface area contributed by atoms with E-state index in [4.69, 9.17) is 4.74 Å². The highest BCUT2D eigenvalue weighted by Gasteiger charge is 2.07. The fourth-order valence-corrected chi connectivity index (χ4v) is 2.13. The van der Waals surface area contributed by atoms with Gasteiger partial charge in [-0.3, -0.25) is 0 Å². The van der Waals surface area contributed by atoms with Crippen molar-refractivity contribution in [3.63, 3.8) is 0 Å². The van der Waals surface area contributed by atoms with Gasteiger partial charge in [-0.25, -0.2) is 9.97 Å². The van der Waals surface area contributed by atoms with E-state index in [0.29, 0.717) is 12.4 Å². The van der Waals surface area contributed by atoms with Crippen LogP contribution in [0, 0.1) is 6.92 Å². The predicted molar refractivity (Wildman–Crippen MR) is 74.2 cm³/mol. The monoisotopic (exact) mass is 263 g/mol. The van der Waals surface area contributed by atoms with E-state index in [0.717, 1.165) is 16.4 Å². The highest BCUT2D eigenvalue weighted by Crippen LogP contribution is 2.22. The second-order valence-electron chi connectivity index (χ2n) is 4.23. The molecule has 2 heterocycles. The predicted octanol–water partition coefficient (Wildman–Crippen LogP) is 3.25. The zero-order chi connectivity index (χ0) is 13.0. The maximum absolute atomic E-state index is 5.65. The van der Waals surface area contributed by atoms with E-state index in [1.54, 1.807) is 17.5 Å². The van der Waals surface area contributed by atoms with Crippen LogP contribution in [0.3, 0.4) is 0 Å². The van der Waals surface area contributed by atoms with Gasteiger partial charge in [0, 0.05) is 11.6 Å². The first-order valence-electron chi connectivity index (χ1n) is 5.91. The van der Waals surface area contributed by atoms with Crippen molar-refractivity contribution in [3.8, 4) is 5.88 Å². The number of hydrogen-bond donors (Lipinski definition) is 1. The van der Waals surface area contributed by atoms with Crippen molar-refractivity contribution in [1.82, 2.24) is 9.97 Å². The van der Waals surface area contributed by atoms with Crippen LogP contribution in [-0.4, -0.2) is 16.1 Å². The summed E-state index contributed by atoms with van der Waals surface area (Å²) in [6.45, 7) is 6.67. The lowest BCUT2D eigenvalue weighted by atomic mass is 10.3. The van der Waals surface area contributed by atoms with Crippen LogP contribution in [0.4, 0.5) is 5.69 Å². The Bertz CT molecular complexity index is 510. The van der Waals surface area contributed by atoms with Crippen LogP contribution < -0.4 is 10.1 Å². The molecule has 2 aromatic heterocycles. The Morgan fingerprint density at radius 1 is 1.44 bits per heavy atom. The van der Waals surface area contributed by atoms with Gasteiger partial charge in [-0.1, -0.05) is 0 Å². The second kappa shape index (κ2) is 5.82. The summed E-state index contributed by atoms with van der Waals surface area (Å²) in [7, 11) is 0. The summed E-state index contributed by atoms with van der Waals surface area (Å²) in [5, 5.41) is 6.44. The van der Waals surface area contributed by atoms with Crippen molar-refractivity contribution >= 4 is 17.0 Å². The van der Waals surface area contributed by atoms with Gasteiger partial charge in [-0.2, -0.15) is 0 Å². The molecule has 0 spiro atoms. The molecule has 0 aliphatic heterocycles. The lowest BCUT2D eigenvalue weighted by Gasteiger charge is -2.13. The summed E-state index contributed by atoms with van der Waals surface area (Å²) in [6.07, 6.45) is 1.84. The van der Waals surface area contributed by atoms with E-state index < -0.39 is 0 Å². The normalized spacial score (nSPS) is 10.7. The molecule has 0 aromatic carbocycles. The first-order chi connectivity index (χ1) is 8.65. The highest BCUT2D eigenvalue weighted by atomic mass is 32.1. The Kier molecular flexibility index (Phi) is 4.15. The van der Waals surface area contributed by atoms with E-state index in [9.17, 15) is 0 Å². The summed E-state index contributed by atoms with van der Waals surface area (Å²) in [5.41, 5.74) is 1.94. The number of hydrogen-bond acceptors (Lipinski definition) is 5. The first kappa shape index (κ1) is 12.8. The minimum Gasteiger partial charge on any atom is -0.473 e. The van der Waals surface area contributed by atoms with E-state index in [1.165, 1.54) is 0 Å². The summed E-state index contributed by atoms with van der Waals surface area (Å²) in [5.74, 6) is 0.638. The third-order valence-corrected chi connectivity index (χ3v) is 3.07. The minimum absolute atomic E-state index is 0.113. The number of pyridine rings is 1. The molecule has 0 saturated carbocycles. The van der Waals surface area contributed by atoms with E-state index in [-0.39, 0.29) is 6.10 Å². The SMILES string of the molecule is Cc1nc(CNc2cccnc2OC(C)C)cs1. The average molecular weight is 263 g/mol. The molecule has 0 aliphatic rings. The van der Waals surface area contributed by atoms with Crippen LogP contribution in [0.2, 0.25) is 0 Å². The zero-order valence-corrected chi connectivity index (χ0v) is 11.6. The maximum atomic E-state index is 5.65. The molecule has 0 fully saturated rings. The summed E-state index contributed by atoms with van der Waals surface area (Å²) in [4.78, 5) is 8.64. The molecule has 4 nitrogen and oxygen atoms in total. The Morgan fingerprint density at radius 3 is 2.94 bits per heavy atom. The van der Waals surface area contributed by atoms with Gasteiger partial charge in [0.1, 0.15) is 0 Å². The number of aryl methyl sites for hydroxylation is 1. The van der Waals surface area contributed by atoms with Gasteiger partial charge in [0.25, 0.3) is 0 Å². The fourth-order valence-electron chi connectivity index (χ4n) is 1.52. The van der Waals surface area contributed by atoms with Crippen molar-refractivity contribution < 1.29 is 4.74 Å². The number of anilines is 1. The quantitative estimate of drug-likeness (QED) is 0.899. The average Bonchev–Trinajstić information content (AvgIpc) is 2.73. The molecule has 2 rings (SSSR count). The summed E-state index contributed by atoms with van der Waals surface area (Å²) < 4.78 is 5.65. The Balaban J connectivity index is 2.04. The van der Waals surface area contributed by atoms with Gasteiger partial charge < -0.3 is 10.1 Å². The van der Waals surface area contributed by atoms with Gasteiger partial charge >= 0.3 is 0 Å². The second-order valence-corrected chi connectivity index (χ2v) is 5.30. The summed E-state index contributed by atoms with van der Waals surface area (Å²) >= 11 is 1.66. The number of nitrogens with zero attached hydrogens (tertiary/aromatic N) is 2. The standard InChI is InChI=1S/C13H17N3OS/c1-9(2)17-13-12(5-4-6-14-13)15-7-11-8-18-10(3)16-11/h4-6,8-9,15H,7H2,1-3H3. The van der Waals surface area contributed by atoms with Gasteiger partial charge in [0.15, 0.2) is 0 Å². The summed E-state index contributed by atoms with van der Waals surface area (Å²) in [6, 6.07) is 3.85. The molecule has 96 valence electrons. The first-order valence-corrected chi connectivity index (χ1v) is 6.79. The Hall–Kier alpha value is -1.62. The zero-order valence-electron chi connectivity index (χ0n) is 10.8. The molecule has 0 aliphatic carbocycles. The Morgan fingerprint density at radius 2 is 2.28 bits per heavy atom. The molecule has 2 aromatic rings. The third-order valence-electron chi connectivity index (χ3n) is 2.25. The van der Waals surface area contributed by atoms with Crippen LogP contribution in [-0.2, 0) is 6.54 Å². The maximum Gasteiger partial charge on any atom is 0.237 e. The Labute approximate surface area is 111 Å². The van der Waals surface area contributed by atoms with E-state index >= 15 is 0 Å². The fraction of sp³-hybridized carbons (Fsp3) is 0.385. The van der Waals surface area contributed by atoms with Crippen molar-refractivity contribution in [2.24, 2.45) is 0 Å². The van der Waals surface area contributed by atoms with E-state index in [2.05, 4.69) is 20.7 Å². The lowest BCUT2D eigenvalue weighted by molar-refractivity contribution is 0.234. The van der Waals surface area contributed by atoms with Crippen LogP contribution in [0.1, 0.15) is 24.5 Å². The largest absolute Gasteiger partial charge is 0.473 e. The van der Waals surface area contributed by atoms with Crippen molar-refractivity contribution in [2.45, 2.75) is 33.4 Å². The number of ether oxygens (including phenoxy) is 1. The van der Waals surface area contributed by atoms with E-state index in [1.807, 2.05) is 32.9 Å². The molecule has 0 bridgehead atoms. The molecule has 5 heteroatoms. The number of aromatic nitrogens is 2. The number of thiazole rings is 1. The molecule has 18 heavy (non-hydrogen) atoms. The van der Waals surface area contributed by atoms with Crippen molar-refractivity contribution in [2.75, 3.05) is 5.32 Å². The van der Waals surface area contributed by atoms with Gasteiger partial charge in [0.2, 0.25) is 5.88 Å². The topological polar surface area (TPSA) is 47.0 Å². The number of nitrogens with one attached hydrogen (secondary N) is 1. The molecule has 0 amide bonds. The van der Waals surface area contributed by atoms with Crippen LogP contribution in [0.25, 0.3) is 0 Å². The lowest BCUT2D eigenvalue weighted by Crippen LogP contribution is -2.10. The molecular weight excluding hydrogens is 246 g/mol. The van der Waals surface area contributed by atoms with Crippen LogP contribution >= 0.6 is 11.3 Å². The van der Waals surface area contributed by atoms with Gasteiger partial charge in [-0.05, 0) is 32.9 Å². The van der Waals surface area contributed by atoms with Crippen LogP contribution in [0.5, 0.6) is 5.88 Å². The van der Waals surface area contributed by atoms with Gasteiger partial charge in [0.05, 0.1) is 29.0 Å². The van der Waals surface area contributed by atoms with Gasteiger partial charge in [-0.15, -0.1) is 11.3 Å². The molecule has 0 saturated heterocycles. The van der Waals surface area contributed by atoms with Crippen LogP contribution in [0.15, 0.2) is 23.7 Å². The third kappa shape index (κ3) is 3.43. The molecule has 1 N–H and O–H groups in total. The highest BCUT2D eigenvalue weighted by molar-refractivity contribution is 7.09. The minimum atomic E-state index is 0.113. The molecular formula is C13H17N3OS. The van der Waals surface area contributed by atoms with Crippen molar-refractivity contribution in [1.29, 1.82) is 0 Å². The smallest absolute Gasteiger partial charge is 0.237 e. The number of rotatable bonds is 5. The van der Waals surface area contributed by atoms with Crippen molar-refractivity contribution in [3.05, 3.63) is 34.4 Å². The molecule has 0 radical (unpaired) electrons. The molecule has 0 unspecified atom stereocenters.